The number of rotatable bonds is 6. The van der Waals surface area contributed by atoms with Gasteiger partial charge in [-0.2, -0.15) is 0 Å². The van der Waals surface area contributed by atoms with E-state index in [0.717, 1.165) is 18.2 Å². The number of anilines is 1. The monoisotopic (exact) mass is 458 g/mol. The number of amides is 2. The van der Waals surface area contributed by atoms with Gasteiger partial charge in [-0.15, -0.1) is 0 Å². The summed E-state index contributed by atoms with van der Waals surface area (Å²) in [6.45, 7) is 4.75. The molecule has 0 saturated carbocycles. The molecule has 1 fully saturated rings. The largest absolute Gasteiger partial charge is 0.465 e. The van der Waals surface area contributed by atoms with Crippen molar-refractivity contribution in [2.75, 3.05) is 25.5 Å². The van der Waals surface area contributed by atoms with Crippen LogP contribution < -0.4 is 5.32 Å². The fraction of sp³-hybridized carbons (Fsp3) is 0.269. The summed E-state index contributed by atoms with van der Waals surface area (Å²) >= 11 is 0. The molecule has 3 aromatic rings. The summed E-state index contributed by atoms with van der Waals surface area (Å²) in [7, 11) is 1.35. The highest BCUT2D eigenvalue weighted by Gasteiger charge is 2.25. The Bertz CT molecular complexity index is 1240. The second-order valence-corrected chi connectivity index (χ2v) is 8.29. The van der Waals surface area contributed by atoms with E-state index >= 15 is 0 Å². The van der Waals surface area contributed by atoms with Gasteiger partial charge in [0.15, 0.2) is 0 Å². The number of carbonyl (C=O) groups excluding carboxylic acids is 3. The van der Waals surface area contributed by atoms with Gasteiger partial charge in [0, 0.05) is 42.3 Å². The Morgan fingerprint density at radius 2 is 1.94 bits per heavy atom. The molecule has 1 aliphatic heterocycles. The first-order valence-corrected chi connectivity index (χ1v) is 11.1. The number of hydrogen-bond donors (Lipinski definition) is 1. The lowest BCUT2D eigenvalue weighted by molar-refractivity contribution is -0.111. The number of methoxy groups -OCH3 is 1. The fourth-order valence-corrected chi connectivity index (χ4v) is 4.15. The number of nitrogens with one attached hydrogen (secondary N) is 1. The Morgan fingerprint density at radius 1 is 1.18 bits per heavy atom. The zero-order valence-electron chi connectivity index (χ0n) is 19.0. The molecule has 0 spiro atoms. The summed E-state index contributed by atoms with van der Waals surface area (Å²) < 4.78 is 4.79. The highest BCUT2D eigenvalue weighted by Crippen LogP contribution is 2.23. The van der Waals surface area contributed by atoms with Gasteiger partial charge in [-0.05, 0) is 61.2 Å². The Hall–Kier alpha value is -4.07. The predicted molar refractivity (Wildman–Crippen MR) is 128 cm³/mol. The molecule has 1 saturated heterocycles. The lowest BCUT2D eigenvalue weighted by atomic mass is 9.94. The third-order valence-corrected chi connectivity index (χ3v) is 5.92. The van der Waals surface area contributed by atoms with Crippen LogP contribution in [0.1, 0.15) is 39.4 Å². The molecule has 1 atom stereocenters. The van der Waals surface area contributed by atoms with Crippen molar-refractivity contribution >= 4 is 34.4 Å². The summed E-state index contributed by atoms with van der Waals surface area (Å²) in [5.41, 5.74) is 2.33. The van der Waals surface area contributed by atoms with E-state index in [4.69, 9.17) is 4.74 Å². The van der Waals surface area contributed by atoms with E-state index in [0.29, 0.717) is 47.7 Å². The summed E-state index contributed by atoms with van der Waals surface area (Å²) in [5, 5.41) is 3.53. The lowest BCUT2D eigenvalue weighted by Crippen LogP contribution is -2.40. The van der Waals surface area contributed by atoms with E-state index in [1.165, 1.54) is 13.2 Å². The van der Waals surface area contributed by atoms with Crippen LogP contribution >= 0.6 is 0 Å². The first-order valence-electron chi connectivity index (χ1n) is 11.1. The van der Waals surface area contributed by atoms with Gasteiger partial charge in [-0.3, -0.25) is 9.59 Å². The summed E-state index contributed by atoms with van der Waals surface area (Å²) in [5.74, 6) is 0.199. The van der Waals surface area contributed by atoms with Crippen molar-refractivity contribution in [2.45, 2.75) is 19.3 Å². The second-order valence-electron chi connectivity index (χ2n) is 8.29. The number of nitrogens with zero attached hydrogens (tertiary/aromatic N) is 3. The molecule has 8 nitrogen and oxygen atoms in total. The van der Waals surface area contributed by atoms with Gasteiger partial charge in [0.05, 0.1) is 18.2 Å². The smallest absolute Gasteiger partial charge is 0.337 e. The number of likely N-dealkylation sites (tertiary alicyclic amines) is 1. The zero-order valence-corrected chi connectivity index (χ0v) is 19.0. The predicted octanol–water partition coefficient (Wildman–Crippen LogP) is 3.64. The molecule has 0 bridgehead atoms. The second kappa shape index (κ2) is 10.2. The highest BCUT2D eigenvalue weighted by atomic mass is 16.5. The molecule has 1 aromatic heterocycles. The average molecular weight is 459 g/mol. The SMILES string of the molecule is C=CC(=O)Nc1ccc(C(=O)N2CCC[C@@H](Cc3ncc4ccc(C(=O)OC)cc4n3)C2)cc1. The maximum absolute atomic E-state index is 13.0. The topological polar surface area (TPSA) is 101 Å². The number of esters is 1. The minimum atomic E-state index is -0.403. The molecule has 4 rings (SSSR count). The maximum atomic E-state index is 13.0. The van der Waals surface area contributed by atoms with E-state index < -0.39 is 5.97 Å². The number of carbonyl (C=O) groups is 3. The van der Waals surface area contributed by atoms with Gasteiger partial charge in [-0.25, -0.2) is 14.8 Å². The van der Waals surface area contributed by atoms with Crippen LogP contribution in [0.2, 0.25) is 0 Å². The lowest BCUT2D eigenvalue weighted by Gasteiger charge is -2.32. The Kier molecular flexibility index (Phi) is 6.96. The molecule has 2 heterocycles. The van der Waals surface area contributed by atoms with Gasteiger partial charge in [0.1, 0.15) is 5.82 Å². The molecule has 0 aliphatic carbocycles. The molecule has 2 amide bonds. The maximum Gasteiger partial charge on any atom is 0.337 e. The first-order chi connectivity index (χ1) is 16.5. The fourth-order valence-electron chi connectivity index (χ4n) is 4.15. The van der Waals surface area contributed by atoms with Crippen molar-refractivity contribution in [1.82, 2.24) is 14.9 Å². The van der Waals surface area contributed by atoms with Crippen LogP contribution in [0.3, 0.4) is 0 Å². The number of ether oxygens (including phenoxy) is 1. The Morgan fingerprint density at radius 3 is 2.68 bits per heavy atom. The molecule has 1 aliphatic rings. The quantitative estimate of drug-likeness (QED) is 0.447. The summed E-state index contributed by atoms with van der Waals surface area (Å²) in [6, 6.07) is 12.1. The number of fused-ring (bicyclic) bond motifs is 1. The standard InChI is InChI=1S/C26H26N4O4/c1-3-24(31)28-21-10-8-18(9-11-21)25(32)30-12-4-5-17(16-30)13-23-27-15-20-7-6-19(26(33)34-2)14-22(20)29-23/h3,6-11,14-15,17H,1,4-5,12-13,16H2,2H3,(H,28,31)/t17-/m0/s1. The molecule has 34 heavy (non-hydrogen) atoms. The molecule has 174 valence electrons. The molecular formula is C26H26N4O4. The van der Waals surface area contributed by atoms with Crippen LogP contribution in [0.4, 0.5) is 5.69 Å². The average Bonchev–Trinajstić information content (AvgIpc) is 2.88. The number of benzene rings is 2. The van der Waals surface area contributed by atoms with Gasteiger partial charge in [0.2, 0.25) is 5.91 Å². The van der Waals surface area contributed by atoms with Crippen molar-refractivity contribution in [3.8, 4) is 0 Å². The molecule has 8 heteroatoms. The van der Waals surface area contributed by atoms with Crippen molar-refractivity contribution < 1.29 is 19.1 Å². The van der Waals surface area contributed by atoms with Crippen LogP contribution in [0.25, 0.3) is 10.9 Å². The normalized spacial score (nSPS) is 15.6. The van der Waals surface area contributed by atoms with Crippen molar-refractivity contribution in [1.29, 1.82) is 0 Å². The molecule has 1 N–H and O–H groups in total. The van der Waals surface area contributed by atoms with Crippen molar-refractivity contribution in [3.05, 3.63) is 78.3 Å². The van der Waals surface area contributed by atoms with Crippen LogP contribution in [0.5, 0.6) is 0 Å². The van der Waals surface area contributed by atoms with Gasteiger partial charge in [-0.1, -0.05) is 12.6 Å². The summed E-state index contributed by atoms with van der Waals surface area (Å²) in [6.07, 6.45) is 5.50. The van der Waals surface area contributed by atoms with Crippen LogP contribution in [-0.2, 0) is 16.0 Å². The van der Waals surface area contributed by atoms with Gasteiger partial charge in [0.25, 0.3) is 5.91 Å². The number of aromatic nitrogens is 2. The van der Waals surface area contributed by atoms with Crippen LogP contribution in [0.15, 0.2) is 61.3 Å². The van der Waals surface area contributed by atoms with Crippen molar-refractivity contribution in [3.63, 3.8) is 0 Å². The Labute approximate surface area is 197 Å². The van der Waals surface area contributed by atoms with E-state index in [2.05, 4.69) is 21.9 Å². The van der Waals surface area contributed by atoms with Gasteiger partial charge < -0.3 is 15.0 Å². The third-order valence-electron chi connectivity index (χ3n) is 5.92. The van der Waals surface area contributed by atoms with Gasteiger partial charge >= 0.3 is 5.97 Å². The number of piperidine rings is 1. The minimum absolute atomic E-state index is 0.0338. The van der Waals surface area contributed by atoms with E-state index in [1.807, 2.05) is 4.90 Å². The minimum Gasteiger partial charge on any atom is -0.465 e. The van der Waals surface area contributed by atoms with Crippen molar-refractivity contribution in [2.24, 2.45) is 5.92 Å². The molecule has 0 unspecified atom stereocenters. The number of hydrogen-bond acceptors (Lipinski definition) is 6. The first kappa shape index (κ1) is 23.1. The molecule has 2 aromatic carbocycles. The highest BCUT2D eigenvalue weighted by molar-refractivity contribution is 6.00. The Balaban J connectivity index is 1.43. The van der Waals surface area contributed by atoms with E-state index in [-0.39, 0.29) is 17.7 Å². The van der Waals surface area contributed by atoms with E-state index in [1.54, 1.807) is 48.7 Å². The summed E-state index contributed by atoms with van der Waals surface area (Å²) in [4.78, 5) is 47.3. The van der Waals surface area contributed by atoms with E-state index in [9.17, 15) is 14.4 Å². The molecule has 0 radical (unpaired) electrons. The van der Waals surface area contributed by atoms with Crippen LogP contribution in [-0.4, -0.2) is 52.9 Å². The molecular weight excluding hydrogens is 432 g/mol. The van der Waals surface area contributed by atoms with Crippen LogP contribution in [0, 0.1) is 5.92 Å². The zero-order chi connectivity index (χ0) is 24.1. The third kappa shape index (κ3) is 5.28.